The van der Waals surface area contributed by atoms with Crippen molar-refractivity contribution in [1.29, 1.82) is 0 Å². The van der Waals surface area contributed by atoms with Crippen LogP contribution in [-0.2, 0) is 17.7 Å². The van der Waals surface area contributed by atoms with Gasteiger partial charge in [0, 0.05) is 0 Å². The van der Waals surface area contributed by atoms with E-state index in [2.05, 4.69) is 0 Å². The minimum absolute atomic E-state index is 0.143. The van der Waals surface area contributed by atoms with Gasteiger partial charge in [-0.25, -0.2) is 16.8 Å². The van der Waals surface area contributed by atoms with Crippen LogP contribution in [0.25, 0.3) is 0 Å². The number of hydrogen-bond donors (Lipinski definition) is 1. The van der Waals surface area contributed by atoms with Crippen molar-refractivity contribution in [1.82, 2.24) is 0 Å². The molecule has 0 saturated heterocycles. The molecule has 1 N–H and O–H groups in total. The molecule has 0 amide bonds. The minimum atomic E-state index is -4.55. The third kappa shape index (κ3) is 2.34. The first kappa shape index (κ1) is 13.6. The maximum atomic E-state index is 12.1. The van der Waals surface area contributed by atoms with E-state index in [4.69, 9.17) is 5.11 Å². The Labute approximate surface area is 110 Å². The van der Waals surface area contributed by atoms with Gasteiger partial charge in [0.15, 0.2) is 0 Å². The Bertz CT molecular complexity index is 776. The van der Waals surface area contributed by atoms with Crippen LogP contribution in [0.4, 0.5) is 0 Å². The fourth-order valence-corrected chi connectivity index (χ4v) is 5.11. The highest BCUT2D eigenvalue weighted by Gasteiger charge is 2.33. The fraction of sp³-hybridized carbons (Fsp3) is 0. The fourth-order valence-electron chi connectivity index (χ4n) is 1.45. The van der Waals surface area contributed by atoms with Gasteiger partial charge in [-0.3, -0.25) is 0 Å². The molecule has 0 aliphatic heterocycles. The zero-order valence-corrected chi connectivity index (χ0v) is 11.2. The Morgan fingerprint density at radius 3 is 1.53 bits per heavy atom. The zero-order valence-electron chi connectivity index (χ0n) is 9.59. The number of phenols is 1. The van der Waals surface area contributed by atoms with Crippen molar-refractivity contribution in [3.05, 3.63) is 54.6 Å². The van der Waals surface area contributed by atoms with E-state index in [1.165, 1.54) is 24.3 Å². The lowest BCUT2D eigenvalue weighted by Gasteiger charge is -2.06. The molecule has 0 aromatic heterocycles. The standard InChI is InChI=1S/C12H10O5S2/c13-10-6-8-12(9-7-10)19(16,17)18(14,15)11-4-2-1-3-5-11/h1-9,13H. The van der Waals surface area contributed by atoms with E-state index >= 15 is 0 Å². The summed E-state index contributed by atoms with van der Waals surface area (Å²) in [5.74, 6) is -0.143. The SMILES string of the molecule is O=S(=O)(c1ccccc1)S(=O)(=O)c1ccc(O)cc1. The van der Waals surface area contributed by atoms with Gasteiger partial charge in [0.25, 0.3) is 17.7 Å². The molecular weight excluding hydrogens is 288 g/mol. The van der Waals surface area contributed by atoms with E-state index in [0.29, 0.717) is 0 Å². The van der Waals surface area contributed by atoms with Crippen molar-refractivity contribution in [2.45, 2.75) is 9.79 Å². The number of aromatic hydroxyl groups is 1. The van der Waals surface area contributed by atoms with Crippen LogP contribution in [0.1, 0.15) is 0 Å². The van der Waals surface area contributed by atoms with Gasteiger partial charge in [-0.05, 0) is 36.4 Å². The Morgan fingerprint density at radius 2 is 1.05 bits per heavy atom. The molecule has 2 aromatic rings. The molecule has 0 radical (unpaired) electrons. The third-order valence-corrected chi connectivity index (χ3v) is 7.61. The number of rotatable bonds is 3. The van der Waals surface area contributed by atoms with E-state index in [1.54, 1.807) is 6.07 Å². The molecule has 7 heteroatoms. The molecule has 0 heterocycles. The first-order chi connectivity index (χ1) is 8.85. The van der Waals surface area contributed by atoms with Crippen LogP contribution in [0, 0.1) is 0 Å². The number of benzene rings is 2. The van der Waals surface area contributed by atoms with Gasteiger partial charge in [0.2, 0.25) is 0 Å². The highest BCUT2D eigenvalue weighted by atomic mass is 33.2. The summed E-state index contributed by atoms with van der Waals surface area (Å²) in [6.07, 6.45) is 0. The second-order valence-corrected chi connectivity index (χ2v) is 9.11. The summed E-state index contributed by atoms with van der Waals surface area (Å²) in [6.45, 7) is 0. The van der Waals surface area contributed by atoms with E-state index in [0.717, 1.165) is 24.3 Å². The van der Waals surface area contributed by atoms with Crippen molar-refractivity contribution in [2.75, 3.05) is 0 Å². The van der Waals surface area contributed by atoms with Gasteiger partial charge in [-0.1, -0.05) is 18.2 Å². The smallest absolute Gasteiger partial charge is 0.286 e. The molecule has 2 rings (SSSR count). The van der Waals surface area contributed by atoms with E-state index in [9.17, 15) is 16.8 Å². The van der Waals surface area contributed by atoms with Gasteiger partial charge < -0.3 is 5.11 Å². The first-order valence-electron chi connectivity index (χ1n) is 5.20. The van der Waals surface area contributed by atoms with E-state index in [1.807, 2.05) is 0 Å². The summed E-state index contributed by atoms with van der Waals surface area (Å²) in [5.41, 5.74) is 0. The maximum absolute atomic E-state index is 12.1. The van der Waals surface area contributed by atoms with Gasteiger partial charge in [0.1, 0.15) is 5.75 Å². The average Bonchev–Trinajstić information content (AvgIpc) is 2.40. The molecule has 0 fully saturated rings. The Kier molecular flexibility index (Phi) is 3.34. The minimum Gasteiger partial charge on any atom is -0.508 e. The Morgan fingerprint density at radius 1 is 0.632 bits per heavy atom. The van der Waals surface area contributed by atoms with Crippen LogP contribution < -0.4 is 0 Å². The highest BCUT2D eigenvalue weighted by molar-refractivity contribution is 8.67. The summed E-state index contributed by atoms with van der Waals surface area (Å²) in [7, 11) is -9.06. The normalized spacial score (nSPS) is 12.2. The lowest BCUT2D eigenvalue weighted by Crippen LogP contribution is -2.15. The monoisotopic (exact) mass is 298 g/mol. The number of hydrogen-bond acceptors (Lipinski definition) is 5. The zero-order chi connectivity index (χ0) is 14.1. The molecular formula is C12H10O5S2. The van der Waals surface area contributed by atoms with Gasteiger partial charge in [-0.15, -0.1) is 0 Å². The van der Waals surface area contributed by atoms with Crippen LogP contribution in [0.2, 0.25) is 0 Å². The van der Waals surface area contributed by atoms with E-state index < -0.39 is 17.7 Å². The summed E-state index contributed by atoms with van der Waals surface area (Å²) < 4.78 is 48.4. The summed E-state index contributed by atoms with van der Waals surface area (Å²) in [4.78, 5) is -0.669. The largest absolute Gasteiger partial charge is 0.508 e. The molecule has 0 aliphatic carbocycles. The maximum Gasteiger partial charge on any atom is 0.286 e. The van der Waals surface area contributed by atoms with Crippen molar-refractivity contribution in [3.8, 4) is 5.75 Å². The molecule has 0 bridgehead atoms. The Hall–Kier alpha value is -1.86. The molecule has 0 spiro atoms. The van der Waals surface area contributed by atoms with Gasteiger partial charge in [-0.2, -0.15) is 0 Å². The summed E-state index contributed by atoms with van der Waals surface area (Å²) >= 11 is 0. The topological polar surface area (TPSA) is 88.5 Å². The molecule has 5 nitrogen and oxygen atoms in total. The molecule has 2 aromatic carbocycles. The van der Waals surface area contributed by atoms with Crippen molar-refractivity contribution in [2.24, 2.45) is 0 Å². The predicted molar refractivity (Wildman–Crippen MR) is 68.9 cm³/mol. The van der Waals surface area contributed by atoms with E-state index in [-0.39, 0.29) is 15.5 Å². The first-order valence-corrected chi connectivity index (χ1v) is 8.68. The molecule has 0 aliphatic rings. The molecule has 19 heavy (non-hydrogen) atoms. The summed E-state index contributed by atoms with van der Waals surface area (Å²) in [6, 6.07) is 11.2. The summed E-state index contributed by atoms with van der Waals surface area (Å²) in [5, 5.41) is 9.10. The molecule has 0 unspecified atom stereocenters. The second kappa shape index (κ2) is 4.67. The quantitative estimate of drug-likeness (QED) is 0.869. The van der Waals surface area contributed by atoms with Gasteiger partial charge >= 0.3 is 0 Å². The highest BCUT2D eigenvalue weighted by Crippen LogP contribution is 2.25. The second-order valence-electron chi connectivity index (χ2n) is 3.72. The van der Waals surface area contributed by atoms with Crippen LogP contribution in [0.5, 0.6) is 5.75 Å². The van der Waals surface area contributed by atoms with Crippen LogP contribution >= 0.6 is 0 Å². The van der Waals surface area contributed by atoms with Crippen molar-refractivity contribution in [3.63, 3.8) is 0 Å². The van der Waals surface area contributed by atoms with Crippen molar-refractivity contribution >= 4 is 17.7 Å². The van der Waals surface area contributed by atoms with Crippen LogP contribution in [-0.4, -0.2) is 21.9 Å². The number of phenolic OH excluding ortho intramolecular Hbond substituents is 1. The molecule has 0 atom stereocenters. The lowest BCUT2D eigenvalue weighted by atomic mass is 10.3. The Balaban J connectivity index is 2.60. The van der Waals surface area contributed by atoms with Gasteiger partial charge in [0.05, 0.1) is 9.79 Å². The third-order valence-electron chi connectivity index (χ3n) is 2.45. The van der Waals surface area contributed by atoms with Crippen LogP contribution in [0.3, 0.4) is 0 Å². The van der Waals surface area contributed by atoms with Crippen LogP contribution in [0.15, 0.2) is 64.4 Å². The van der Waals surface area contributed by atoms with Crippen molar-refractivity contribution < 1.29 is 21.9 Å². The molecule has 100 valence electrons. The lowest BCUT2D eigenvalue weighted by molar-refractivity contribution is 0.475. The predicted octanol–water partition coefficient (Wildman–Crippen LogP) is 1.55. The molecule has 0 saturated carbocycles. The average molecular weight is 298 g/mol.